The van der Waals surface area contributed by atoms with Crippen molar-refractivity contribution in [2.24, 2.45) is 5.92 Å². The Balaban J connectivity index is 1.12. The molecule has 214 valence electrons. The topological polar surface area (TPSA) is 96.0 Å². The van der Waals surface area contributed by atoms with Crippen LogP contribution in [-0.4, -0.2) is 52.3 Å². The van der Waals surface area contributed by atoms with Crippen molar-refractivity contribution < 1.29 is 28.3 Å². The molecule has 3 aromatic rings. The van der Waals surface area contributed by atoms with Crippen molar-refractivity contribution in [1.29, 1.82) is 0 Å². The van der Waals surface area contributed by atoms with Crippen molar-refractivity contribution in [2.75, 3.05) is 17.2 Å². The number of benzene rings is 3. The number of anilines is 1. The first-order valence-electron chi connectivity index (χ1n) is 13.3. The molecule has 0 spiro atoms. The molecule has 3 aliphatic rings. The highest BCUT2D eigenvalue weighted by Crippen LogP contribution is 2.39. The number of nitrogens with one attached hydrogen (secondary N) is 1. The highest BCUT2D eigenvalue weighted by Gasteiger charge is 2.54. The summed E-state index contributed by atoms with van der Waals surface area (Å²) in [5.74, 6) is -2.78. The van der Waals surface area contributed by atoms with Crippen LogP contribution in [0.15, 0.2) is 90.6 Å². The lowest BCUT2D eigenvalue weighted by Gasteiger charge is -2.48. The van der Waals surface area contributed by atoms with Crippen molar-refractivity contribution in [3.63, 3.8) is 0 Å². The largest absolute Gasteiger partial charge is 0.448 e. The van der Waals surface area contributed by atoms with E-state index in [2.05, 4.69) is 5.32 Å². The minimum atomic E-state index is -0.852. The number of fused-ring (bicyclic) bond motifs is 1. The molecule has 0 bridgehead atoms. The zero-order valence-corrected chi connectivity index (χ0v) is 23.7. The molecular weight excluding hydrogens is 581 g/mol. The van der Waals surface area contributed by atoms with Gasteiger partial charge in [-0.1, -0.05) is 72.3 Å². The molecule has 8 nitrogen and oxygen atoms in total. The predicted octanol–water partition coefficient (Wildman–Crippen LogP) is 4.45. The molecule has 3 aliphatic heterocycles. The predicted molar refractivity (Wildman–Crippen MR) is 156 cm³/mol. The molecule has 3 heterocycles. The van der Waals surface area contributed by atoms with Gasteiger partial charge in [0.15, 0.2) is 6.10 Å². The Kier molecular flexibility index (Phi) is 7.74. The van der Waals surface area contributed by atoms with Gasteiger partial charge in [0.25, 0.3) is 5.91 Å². The van der Waals surface area contributed by atoms with Gasteiger partial charge in [-0.3, -0.25) is 19.3 Å². The lowest BCUT2D eigenvalue weighted by Crippen LogP contribution is -2.70. The summed E-state index contributed by atoms with van der Waals surface area (Å²) in [7, 11) is 0. The fourth-order valence-electron chi connectivity index (χ4n) is 5.34. The highest BCUT2D eigenvalue weighted by molar-refractivity contribution is 8.00. The molecule has 0 aliphatic carbocycles. The van der Waals surface area contributed by atoms with E-state index in [4.69, 9.17) is 16.3 Å². The van der Waals surface area contributed by atoms with E-state index in [9.17, 15) is 23.6 Å². The third-order valence-electron chi connectivity index (χ3n) is 7.49. The minimum Gasteiger partial charge on any atom is -0.448 e. The first kappa shape index (κ1) is 28.0. The Hall–Kier alpha value is -4.15. The molecule has 1 unspecified atom stereocenters. The van der Waals surface area contributed by atoms with Crippen LogP contribution in [0.4, 0.5) is 10.1 Å². The van der Waals surface area contributed by atoms with Crippen LogP contribution >= 0.6 is 23.4 Å². The first-order chi connectivity index (χ1) is 20.3. The fourth-order valence-corrected chi connectivity index (χ4v) is 6.65. The monoisotopic (exact) mass is 605 g/mol. The molecule has 2 fully saturated rings. The molecule has 2 saturated heterocycles. The van der Waals surface area contributed by atoms with Gasteiger partial charge in [0.1, 0.15) is 22.9 Å². The number of hydrogen-bond donors (Lipinski definition) is 1. The van der Waals surface area contributed by atoms with Gasteiger partial charge >= 0.3 is 5.97 Å². The second kappa shape index (κ2) is 11.6. The smallest absolute Gasteiger partial charge is 0.355 e. The highest BCUT2D eigenvalue weighted by atomic mass is 35.5. The van der Waals surface area contributed by atoms with Crippen molar-refractivity contribution in [3.05, 3.63) is 113 Å². The zero-order valence-electron chi connectivity index (χ0n) is 22.1. The molecule has 6 rings (SSSR count). The minimum absolute atomic E-state index is 0.0476. The summed E-state index contributed by atoms with van der Waals surface area (Å²) in [5, 5.41) is 2.22. The van der Waals surface area contributed by atoms with Crippen molar-refractivity contribution in [3.8, 4) is 0 Å². The second-order valence-corrected chi connectivity index (χ2v) is 11.7. The zero-order chi connectivity index (χ0) is 29.4. The molecule has 0 saturated carbocycles. The average Bonchev–Trinajstić information content (AvgIpc) is 3.41. The van der Waals surface area contributed by atoms with Crippen molar-refractivity contribution >= 4 is 52.7 Å². The van der Waals surface area contributed by atoms with E-state index in [0.29, 0.717) is 11.4 Å². The van der Waals surface area contributed by atoms with E-state index >= 15 is 0 Å². The molecule has 3 aromatic carbocycles. The Morgan fingerprint density at radius 3 is 2.31 bits per heavy atom. The van der Waals surface area contributed by atoms with E-state index in [0.717, 1.165) is 17.2 Å². The summed E-state index contributed by atoms with van der Waals surface area (Å²) >= 11 is 7.17. The summed E-state index contributed by atoms with van der Waals surface area (Å²) in [6.45, 7) is 0.0476. The number of ether oxygens (including phenoxy) is 1. The lowest BCUT2D eigenvalue weighted by molar-refractivity contribution is -0.154. The molecule has 0 aromatic heterocycles. The summed E-state index contributed by atoms with van der Waals surface area (Å²) in [6, 6.07) is 21.9. The van der Waals surface area contributed by atoms with E-state index in [1.165, 1.54) is 33.7 Å². The molecule has 3 atom stereocenters. The van der Waals surface area contributed by atoms with Gasteiger partial charge in [0.05, 0.1) is 10.9 Å². The number of carbonyl (C=O) groups is 4. The molecule has 1 N–H and O–H groups in total. The summed E-state index contributed by atoms with van der Waals surface area (Å²) in [6.07, 6.45) is 0.916. The number of carbonyl (C=O) groups excluding carboxylic acids is 4. The Morgan fingerprint density at radius 2 is 1.67 bits per heavy atom. The van der Waals surface area contributed by atoms with Crippen LogP contribution in [0.25, 0.3) is 0 Å². The van der Waals surface area contributed by atoms with E-state index in [-0.39, 0.29) is 29.6 Å². The summed E-state index contributed by atoms with van der Waals surface area (Å²) in [4.78, 5) is 55.1. The standard InChI is InChI=1S/C31H25ClFN3O5S/c32-22-12-11-21(16-23(22)33)35-17-20(15-25(35)37)28(38)34-26-29(39)36-24(13-14-42-30(26)36)31(40)41-27(18-7-3-1-4-8-18)19-9-5-2-6-10-19/h1-13,16,20,26-27,30H,14-15,17H2,(H,34,38)/t20?,26-,30-/m1/s1. The van der Waals surface area contributed by atoms with Crippen molar-refractivity contribution in [2.45, 2.75) is 23.9 Å². The van der Waals surface area contributed by atoms with Crippen LogP contribution in [-0.2, 0) is 23.9 Å². The SMILES string of the molecule is O=C(OC(c1ccccc1)c1ccccc1)C1=CCS[C@@H]2[C@H](NC(=O)C3CC(=O)N(c4ccc(Cl)c(F)c4)C3)C(=O)N12. The first-order valence-corrected chi connectivity index (χ1v) is 14.8. The van der Waals surface area contributed by atoms with Gasteiger partial charge in [-0.2, -0.15) is 0 Å². The summed E-state index contributed by atoms with van der Waals surface area (Å²) < 4.78 is 19.9. The van der Waals surface area contributed by atoms with Crippen LogP contribution < -0.4 is 10.2 Å². The number of amides is 3. The van der Waals surface area contributed by atoms with Gasteiger partial charge in [-0.05, 0) is 35.4 Å². The lowest BCUT2D eigenvalue weighted by atomic mass is 10.0. The molecule has 3 amide bonds. The van der Waals surface area contributed by atoms with Gasteiger partial charge in [0.2, 0.25) is 11.8 Å². The van der Waals surface area contributed by atoms with Gasteiger partial charge in [0, 0.05) is 24.4 Å². The Morgan fingerprint density at radius 1 is 1.00 bits per heavy atom. The van der Waals surface area contributed by atoms with E-state index in [1.807, 2.05) is 60.7 Å². The van der Waals surface area contributed by atoms with Crippen LogP contribution in [0.1, 0.15) is 23.7 Å². The van der Waals surface area contributed by atoms with Crippen LogP contribution in [0.5, 0.6) is 0 Å². The average molecular weight is 606 g/mol. The molecular formula is C31H25ClFN3O5S. The quantitative estimate of drug-likeness (QED) is 0.316. The van der Waals surface area contributed by atoms with E-state index in [1.54, 1.807) is 6.08 Å². The number of β-lactam (4-membered cyclic amide) rings is 1. The number of esters is 1. The summed E-state index contributed by atoms with van der Waals surface area (Å²) in [5.41, 5.74) is 2.03. The maximum Gasteiger partial charge on any atom is 0.355 e. The third kappa shape index (κ3) is 5.28. The number of nitrogens with zero attached hydrogens (tertiary/aromatic N) is 2. The van der Waals surface area contributed by atoms with Crippen LogP contribution in [0.3, 0.4) is 0 Å². The van der Waals surface area contributed by atoms with Crippen molar-refractivity contribution in [1.82, 2.24) is 10.2 Å². The second-order valence-electron chi connectivity index (χ2n) is 10.1. The number of rotatable bonds is 7. The van der Waals surface area contributed by atoms with Gasteiger partial charge in [-0.25, -0.2) is 9.18 Å². The maximum atomic E-state index is 13.9. The Labute approximate surface area is 250 Å². The van der Waals surface area contributed by atoms with Crippen LogP contribution in [0, 0.1) is 11.7 Å². The maximum absolute atomic E-state index is 13.9. The molecule has 42 heavy (non-hydrogen) atoms. The van der Waals surface area contributed by atoms with E-state index < -0.39 is 47.0 Å². The molecule has 11 heteroatoms. The normalized spacial score (nSPS) is 21.5. The third-order valence-corrected chi connectivity index (χ3v) is 8.98. The molecule has 0 radical (unpaired) electrons. The van der Waals surface area contributed by atoms with Gasteiger partial charge < -0.3 is 15.0 Å². The number of halogens is 2. The fraction of sp³-hybridized carbons (Fsp3) is 0.226. The van der Waals surface area contributed by atoms with Crippen LogP contribution in [0.2, 0.25) is 5.02 Å². The number of hydrogen-bond acceptors (Lipinski definition) is 6. The number of thioether (sulfide) groups is 1. The Bertz CT molecular complexity index is 1550. The van der Waals surface area contributed by atoms with Gasteiger partial charge in [-0.15, -0.1) is 11.8 Å².